The predicted octanol–water partition coefficient (Wildman–Crippen LogP) is 3.10. The van der Waals surface area contributed by atoms with Crippen molar-refractivity contribution in [3.05, 3.63) is 18.3 Å². The van der Waals surface area contributed by atoms with Crippen LogP contribution in [0.15, 0.2) is 18.3 Å². The number of hydrogen-bond donors (Lipinski definition) is 1. The zero-order valence-corrected chi connectivity index (χ0v) is 11.4. The molecule has 102 valence electrons. The second-order valence-electron chi connectivity index (χ2n) is 4.03. The summed E-state index contributed by atoms with van der Waals surface area (Å²) in [6, 6.07) is 3.81. The van der Waals surface area contributed by atoms with Crippen molar-refractivity contribution in [2.45, 2.75) is 33.1 Å². The SMILES string of the molecule is CCCCOCCCNc1ncccc1OCC. The van der Waals surface area contributed by atoms with Gasteiger partial charge < -0.3 is 14.8 Å². The van der Waals surface area contributed by atoms with Crippen molar-refractivity contribution in [1.29, 1.82) is 0 Å². The molecule has 4 heteroatoms. The lowest BCUT2D eigenvalue weighted by molar-refractivity contribution is 0.131. The molecule has 0 fully saturated rings. The van der Waals surface area contributed by atoms with Crippen molar-refractivity contribution in [3.8, 4) is 5.75 Å². The summed E-state index contributed by atoms with van der Waals surface area (Å²) in [5.74, 6) is 1.62. The molecule has 0 aliphatic heterocycles. The maximum absolute atomic E-state index is 5.50. The van der Waals surface area contributed by atoms with E-state index in [1.807, 2.05) is 19.1 Å². The second kappa shape index (κ2) is 9.71. The van der Waals surface area contributed by atoms with Crippen LogP contribution in [0.1, 0.15) is 33.1 Å². The highest BCUT2D eigenvalue weighted by Gasteiger charge is 2.02. The first-order valence-corrected chi connectivity index (χ1v) is 6.78. The molecule has 1 heterocycles. The van der Waals surface area contributed by atoms with Crippen LogP contribution in [0.5, 0.6) is 5.75 Å². The number of pyridine rings is 1. The number of nitrogens with zero attached hydrogens (tertiary/aromatic N) is 1. The molecule has 0 aliphatic rings. The van der Waals surface area contributed by atoms with Crippen molar-refractivity contribution in [2.75, 3.05) is 31.7 Å². The lowest BCUT2D eigenvalue weighted by Crippen LogP contribution is -2.08. The molecule has 0 saturated carbocycles. The zero-order chi connectivity index (χ0) is 13.1. The quantitative estimate of drug-likeness (QED) is 0.650. The number of aromatic nitrogens is 1. The van der Waals surface area contributed by atoms with E-state index in [9.17, 15) is 0 Å². The minimum Gasteiger partial charge on any atom is -0.490 e. The lowest BCUT2D eigenvalue weighted by atomic mass is 10.3. The fourth-order valence-corrected chi connectivity index (χ4v) is 1.52. The Morgan fingerprint density at radius 2 is 2.06 bits per heavy atom. The molecule has 0 radical (unpaired) electrons. The van der Waals surface area contributed by atoms with E-state index in [-0.39, 0.29) is 0 Å². The maximum atomic E-state index is 5.50. The topological polar surface area (TPSA) is 43.4 Å². The molecule has 0 amide bonds. The Kier molecular flexibility index (Phi) is 7.97. The third-order valence-electron chi connectivity index (χ3n) is 2.47. The molecule has 0 aromatic carbocycles. The fraction of sp³-hybridized carbons (Fsp3) is 0.643. The van der Waals surface area contributed by atoms with E-state index in [1.165, 1.54) is 6.42 Å². The van der Waals surface area contributed by atoms with Gasteiger partial charge in [-0.15, -0.1) is 0 Å². The minimum absolute atomic E-state index is 0.653. The van der Waals surface area contributed by atoms with Crippen molar-refractivity contribution in [2.24, 2.45) is 0 Å². The van der Waals surface area contributed by atoms with Gasteiger partial charge in [0.05, 0.1) is 6.61 Å². The maximum Gasteiger partial charge on any atom is 0.168 e. The predicted molar refractivity (Wildman–Crippen MR) is 74.2 cm³/mol. The highest BCUT2D eigenvalue weighted by Crippen LogP contribution is 2.20. The van der Waals surface area contributed by atoms with Gasteiger partial charge in [0.25, 0.3) is 0 Å². The van der Waals surface area contributed by atoms with Gasteiger partial charge in [0.15, 0.2) is 11.6 Å². The molecular formula is C14H24N2O2. The van der Waals surface area contributed by atoms with E-state index in [2.05, 4.69) is 17.2 Å². The summed E-state index contributed by atoms with van der Waals surface area (Å²) in [5, 5.41) is 3.27. The molecule has 1 rings (SSSR count). The van der Waals surface area contributed by atoms with Crippen LogP contribution in [0.4, 0.5) is 5.82 Å². The summed E-state index contributed by atoms with van der Waals surface area (Å²) in [5.41, 5.74) is 0. The molecule has 1 N–H and O–H groups in total. The Labute approximate surface area is 110 Å². The summed E-state index contributed by atoms with van der Waals surface area (Å²) in [7, 11) is 0. The van der Waals surface area contributed by atoms with Crippen LogP contribution in [0.2, 0.25) is 0 Å². The number of ether oxygens (including phenoxy) is 2. The fourth-order valence-electron chi connectivity index (χ4n) is 1.52. The highest BCUT2D eigenvalue weighted by molar-refractivity contribution is 5.49. The molecule has 1 aromatic heterocycles. The van der Waals surface area contributed by atoms with Gasteiger partial charge in [-0.3, -0.25) is 0 Å². The molecule has 0 atom stereocenters. The van der Waals surface area contributed by atoms with E-state index in [0.717, 1.165) is 44.2 Å². The molecule has 0 saturated heterocycles. The molecule has 4 nitrogen and oxygen atoms in total. The van der Waals surface area contributed by atoms with E-state index in [0.29, 0.717) is 6.61 Å². The van der Waals surface area contributed by atoms with E-state index < -0.39 is 0 Å². The first-order chi connectivity index (χ1) is 8.88. The van der Waals surface area contributed by atoms with E-state index >= 15 is 0 Å². The van der Waals surface area contributed by atoms with Crippen LogP contribution in [0.3, 0.4) is 0 Å². The summed E-state index contributed by atoms with van der Waals surface area (Å²) >= 11 is 0. The Balaban J connectivity index is 2.18. The van der Waals surface area contributed by atoms with Crippen LogP contribution >= 0.6 is 0 Å². The molecular weight excluding hydrogens is 228 g/mol. The Morgan fingerprint density at radius 3 is 2.83 bits per heavy atom. The summed E-state index contributed by atoms with van der Waals surface area (Å²) in [6.45, 7) is 7.30. The van der Waals surface area contributed by atoms with E-state index in [1.54, 1.807) is 6.20 Å². The number of anilines is 1. The van der Waals surface area contributed by atoms with Gasteiger partial charge in [0, 0.05) is 26.0 Å². The summed E-state index contributed by atoms with van der Waals surface area (Å²) in [4.78, 5) is 4.27. The molecule has 0 aliphatic carbocycles. The highest BCUT2D eigenvalue weighted by atomic mass is 16.5. The van der Waals surface area contributed by atoms with Gasteiger partial charge in [0.2, 0.25) is 0 Å². The van der Waals surface area contributed by atoms with Gasteiger partial charge in [-0.1, -0.05) is 13.3 Å². The Morgan fingerprint density at radius 1 is 1.22 bits per heavy atom. The number of unbranched alkanes of at least 4 members (excludes halogenated alkanes) is 1. The average Bonchev–Trinajstić information content (AvgIpc) is 2.40. The number of rotatable bonds is 10. The van der Waals surface area contributed by atoms with Crippen molar-refractivity contribution in [1.82, 2.24) is 4.98 Å². The van der Waals surface area contributed by atoms with Crippen LogP contribution < -0.4 is 10.1 Å². The molecule has 0 bridgehead atoms. The van der Waals surface area contributed by atoms with Crippen molar-refractivity contribution < 1.29 is 9.47 Å². The minimum atomic E-state index is 0.653. The van der Waals surface area contributed by atoms with Gasteiger partial charge in [-0.05, 0) is 31.9 Å². The molecule has 0 spiro atoms. The number of hydrogen-bond acceptors (Lipinski definition) is 4. The third-order valence-corrected chi connectivity index (χ3v) is 2.47. The largest absolute Gasteiger partial charge is 0.490 e. The Bertz CT molecular complexity index is 318. The summed E-state index contributed by atoms with van der Waals surface area (Å²) in [6.07, 6.45) is 5.07. The zero-order valence-electron chi connectivity index (χ0n) is 11.4. The second-order valence-corrected chi connectivity index (χ2v) is 4.03. The average molecular weight is 252 g/mol. The van der Waals surface area contributed by atoms with Crippen LogP contribution in [0, 0.1) is 0 Å². The first-order valence-electron chi connectivity index (χ1n) is 6.78. The van der Waals surface area contributed by atoms with Crippen molar-refractivity contribution in [3.63, 3.8) is 0 Å². The normalized spacial score (nSPS) is 10.3. The first kappa shape index (κ1) is 14.8. The van der Waals surface area contributed by atoms with Gasteiger partial charge >= 0.3 is 0 Å². The van der Waals surface area contributed by atoms with Crippen LogP contribution in [-0.2, 0) is 4.74 Å². The molecule has 1 aromatic rings. The standard InChI is InChI=1S/C14H24N2O2/c1-3-5-11-17-12-7-10-16-14-13(18-4-2)8-6-9-15-14/h6,8-9H,3-5,7,10-12H2,1-2H3,(H,15,16). The number of nitrogens with one attached hydrogen (secondary N) is 1. The third kappa shape index (κ3) is 5.87. The van der Waals surface area contributed by atoms with Crippen molar-refractivity contribution >= 4 is 5.82 Å². The van der Waals surface area contributed by atoms with Gasteiger partial charge in [-0.25, -0.2) is 4.98 Å². The Hall–Kier alpha value is -1.29. The lowest BCUT2D eigenvalue weighted by Gasteiger charge is -2.10. The van der Waals surface area contributed by atoms with Crippen LogP contribution in [0.25, 0.3) is 0 Å². The van der Waals surface area contributed by atoms with Gasteiger partial charge in [0.1, 0.15) is 0 Å². The monoisotopic (exact) mass is 252 g/mol. The van der Waals surface area contributed by atoms with E-state index in [4.69, 9.17) is 9.47 Å². The molecule has 0 unspecified atom stereocenters. The van der Waals surface area contributed by atoms with Gasteiger partial charge in [-0.2, -0.15) is 0 Å². The smallest absolute Gasteiger partial charge is 0.168 e. The summed E-state index contributed by atoms with van der Waals surface area (Å²) < 4.78 is 11.0. The molecule has 18 heavy (non-hydrogen) atoms. The van der Waals surface area contributed by atoms with Crippen LogP contribution in [-0.4, -0.2) is 31.3 Å².